The van der Waals surface area contributed by atoms with Crippen LogP contribution in [-0.2, 0) is 4.79 Å². The first-order valence-electron chi connectivity index (χ1n) is 3.77. The van der Waals surface area contributed by atoms with E-state index < -0.39 is 27.3 Å². The number of rotatable bonds is 2. The van der Waals surface area contributed by atoms with Crippen LogP contribution in [0.25, 0.3) is 0 Å². The average Bonchev–Trinajstić information content (AvgIpc) is 2.47. The number of allylic oxidation sites excluding steroid dienone is 2. The van der Waals surface area contributed by atoms with Gasteiger partial charge in [0.2, 0.25) is 0 Å². The van der Waals surface area contributed by atoms with E-state index in [1.54, 1.807) is 6.08 Å². The number of carbonyl (C=O) groups is 2. The molecule has 1 aliphatic rings. The second-order valence-electron chi connectivity index (χ2n) is 2.96. The van der Waals surface area contributed by atoms with Crippen molar-refractivity contribution in [2.45, 2.75) is 6.04 Å². The van der Waals surface area contributed by atoms with Crippen LogP contribution in [0, 0.1) is 0 Å². The van der Waals surface area contributed by atoms with E-state index in [9.17, 15) is 9.59 Å². The monoisotopic (exact) mass is 217 g/mol. The second-order valence-corrected chi connectivity index (χ2v) is 6.02. The standard InChI is InChI=1S/C8H11NO4S/c1-14(8(12)13)4-2-3-5(14)6(9)7(10)11/h2-4,6H,9H2,1H3,(H,10,11)(H,12,13)/t6-/m1/s1. The van der Waals surface area contributed by atoms with Gasteiger partial charge in [0, 0.05) is 4.91 Å². The topological polar surface area (TPSA) is 101 Å². The molecular weight excluding hydrogens is 206 g/mol. The van der Waals surface area contributed by atoms with Crippen LogP contribution in [0.1, 0.15) is 0 Å². The Morgan fingerprint density at radius 2 is 2.07 bits per heavy atom. The van der Waals surface area contributed by atoms with Gasteiger partial charge < -0.3 is 15.9 Å². The van der Waals surface area contributed by atoms with Crippen LogP contribution in [0.3, 0.4) is 0 Å². The predicted molar refractivity (Wildman–Crippen MR) is 54.4 cm³/mol. The SMILES string of the molecule is CS1(C(=O)O)C=CC=C1[C@@H](N)C(=O)O. The van der Waals surface area contributed by atoms with E-state index >= 15 is 0 Å². The molecular formula is C8H11NO4S. The molecule has 0 spiro atoms. The third-order valence-corrected chi connectivity index (χ3v) is 4.83. The van der Waals surface area contributed by atoms with Crippen LogP contribution in [0.5, 0.6) is 0 Å². The van der Waals surface area contributed by atoms with E-state index in [-0.39, 0.29) is 4.91 Å². The summed E-state index contributed by atoms with van der Waals surface area (Å²) in [7, 11) is -2.21. The Morgan fingerprint density at radius 1 is 1.50 bits per heavy atom. The molecule has 0 aromatic rings. The summed E-state index contributed by atoms with van der Waals surface area (Å²) in [6.07, 6.45) is 4.53. The second kappa shape index (κ2) is 3.47. The normalized spacial score (nSPS) is 31.7. The van der Waals surface area contributed by atoms with Crippen molar-refractivity contribution >= 4 is 21.3 Å². The third kappa shape index (κ3) is 1.53. The average molecular weight is 217 g/mol. The van der Waals surface area contributed by atoms with Crippen LogP contribution in [-0.4, -0.2) is 33.8 Å². The Morgan fingerprint density at radius 3 is 2.50 bits per heavy atom. The Hall–Kier alpha value is -1.27. The van der Waals surface area contributed by atoms with Gasteiger partial charge in [-0.05, 0) is 11.7 Å². The molecule has 0 radical (unpaired) electrons. The summed E-state index contributed by atoms with van der Waals surface area (Å²) in [5.74, 6) is -1.21. The Bertz CT molecular complexity index is 349. The van der Waals surface area contributed by atoms with Crippen LogP contribution in [0.4, 0.5) is 4.79 Å². The molecule has 0 bridgehead atoms. The van der Waals surface area contributed by atoms with E-state index in [2.05, 4.69) is 0 Å². The van der Waals surface area contributed by atoms with E-state index in [0.717, 1.165) is 0 Å². The molecule has 4 N–H and O–H groups in total. The van der Waals surface area contributed by atoms with E-state index in [1.165, 1.54) is 17.7 Å². The highest BCUT2D eigenvalue weighted by Gasteiger charge is 2.36. The summed E-state index contributed by atoms with van der Waals surface area (Å²) in [6, 6.07) is -1.24. The minimum absolute atomic E-state index is 0.275. The summed E-state index contributed by atoms with van der Waals surface area (Å²) in [6.45, 7) is 0. The van der Waals surface area contributed by atoms with Gasteiger partial charge in [-0.2, -0.15) is 0 Å². The number of hydrogen-bond donors (Lipinski definition) is 3. The van der Waals surface area contributed by atoms with Crippen molar-refractivity contribution in [1.29, 1.82) is 0 Å². The highest BCUT2D eigenvalue weighted by atomic mass is 32.3. The minimum atomic E-state index is -2.21. The molecule has 1 aliphatic heterocycles. The lowest BCUT2D eigenvalue weighted by molar-refractivity contribution is -0.137. The predicted octanol–water partition coefficient (Wildman–Crippen LogP) is 0.922. The van der Waals surface area contributed by atoms with Gasteiger partial charge >= 0.3 is 11.3 Å². The first kappa shape index (κ1) is 10.8. The maximum atomic E-state index is 11.0. The van der Waals surface area contributed by atoms with E-state index in [0.29, 0.717) is 0 Å². The van der Waals surface area contributed by atoms with Gasteiger partial charge in [0.25, 0.3) is 0 Å². The minimum Gasteiger partial charge on any atom is -0.480 e. The largest absolute Gasteiger partial charge is 0.480 e. The van der Waals surface area contributed by atoms with E-state index in [1.807, 2.05) is 0 Å². The summed E-state index contributed by atoms with van der Waals surface area (Å²) < 4.78 is 0. The van der Waals surface area contributed by atoms with Crippen LogP contribution in [0.15, 0.2) is 22.5 Å². The van der Waals surface area contributed by atoms with Gasteiger partial charge in [-0.3, -0.25) is 4.79 Å². The third-order valence-electron chi connectivity index (χ3n) is 2.04. The van der Waals surface area contributed by atoms with Crippen molar-refractivity contribution in [3.8, 4) is 0 Å². The summed E-state index contributed by atoms with van der Waals surface area (Å²) >= 11 is 0. The Kier molecular flexibility index (Phi) is 2.68. The highest BCUT2D eigenvalue weighted by Crippen LogP contribution is 2.57. The van der Waals surface area contributed by atoms with E-state index in [4.69, 9.17) is 15.9 Å². The molecule has 0 saturated carbocycles. The lowest BCUT2D eigenvalue weighted by Crippen LogP contribution is -2.34. The molecule has 0 saturated heterocycles. The summed E-state index contributed by atoms with van der Waals surface area (Å²) in [5, 5.41) is 18.1. The molecule has 5 nitrogen and oxygen atoms in total. The lowest BCUT2D eigenvalue weighted by atomic mass is 10.3. The molecule has 0 fully saturated rings. The number of aliphatic carboxylic acids is 1. The molecule has 0 aliphatic carbocycles. The van der Waals surface area contributed by atoms with Gasteiger partial charge in [-0.1, -0.05) is 12.2 Å². The molecule has 1 heterocycles. The number of carboxylic acids is 1. The molecule has 1 rings (SSSR count). The molecule has 78 valence electrons. The molecule has 2 atom stereocenters. The zero-order valence-corrected chi connectivity index (χ0v) is 8.32. The fraction of sp³-hybridized carbons (Fsp3) is 0.250. The zero-order valence-electron chi connectivity index (χ0n) is 7.51. The van der Waals surface area contributed by atoms with Gasteiger partial charge in [-0.25, -0.2) is 4.79 Å². The van der Waals surface area contributed by atoms with Crippen molar-refractivity contribution < 1.29 is 19.8 Å². The van der Waals surface area contributed by atoms with Crippen molar-refractivity contribution in [3.63, 3.8) is 0 Å². The van der Waals surface area contributed by atoms with Crippen molar-refractivity contribution in [2.75, 3.05) is 6.26 Å². The quantitative estimate of drug-likeness (QED) is 0.638. The van der Waals surface area contributed by atoms with Crippen LogP contribution < -0.4 is 5.73 Å². The van der Waals surface area contributed by atoms with Gasteiger partial charge in [0.15, 0.2) is 0 Å². The maximum Gasteiger partial charge on any atom is 0.354 e. The fourth-order valence-corrected chi connectivity index (χ4v) is 3.02. The lowest BCUT2D eigenvalue weighted by Gasteiger charge is -2.28. The van der Waals surface area contributed by atoms with Crippen LogP contribution in [0.2, 0.25) is 0 Å². The zero-order chi connectivity index (χ0) is 10.9. The number of hydrogen-bond acceptors (Lipinski definition) is 3. The summed E-state index contributed by atoms with van der Waals surface area (Å²) in [5.41, 5.74) is 5.38. The molecule has 0 aromatic carbocycles. The number of carboxylic acid groups (broad SMARTS) is 2. The smallest absolute Gasteiger partial charge is 0.354 e. The van der Waals surface area contributed by atoms with Crippen molar-refractivity contribution in [3.05, 3.63) is 22.5 Å². The number of nitrogens with two attached hydrogens (primary N) is 1. The van der Waals surface area contributed by atoms with Crippen molar-refractivity contribution in [2.24, 2.45) is 5.73 Å². The fourth-order valence-electron chi connectivity index (χ4n) is 1.16. The van der Waals surface area contributed by atoms with Gasteiger partial charge in [-0.15, -0.1) is 10.0 Å². The molecule has 6 heteroatoms. The maximum absolute atomic E-state index is 11.0. The first-order chi connectivity index (χ1) is 6.39. The molecule has 14 heavy (non-hydrogen) atoms. The molecule has 0 aromatic heterocycles. The van der Waals surface area contributed by atoms with Crippen molar-refractivity contribution in [1.82, 2.24) is 0 Å². The molecule has 1 unspecified atom stereocenters. The Labute approximate surface area is 82.2 Å². The van der Waals surface area contributed by atoms with Gasteiger partial charge in [0.05, 0.1) is 0 Å². The van der Waals surface area contributed by atoms with Crippen LogP contribution >= 0.6 is 10.0 Å². The van der Waals surface area contributed by atoms with Gasteiger partial charge in [0.1, 0.15) is 6.04 Å². The summed E-state index contributed by atoms with van der Waals surface area (Å²) in [4.78, 5) is 21.9. The molecule has 0 amide bonds. The Balaban J connectivity index is 3.03. The first-order valence-corrected chi connectivity index (χ1v) is 5.88. The highest BCUT2D eigenvalue weighted by molar-refractivity contribution is 8.49.